The van der Waals surface area contributed by atoms with Crippen LogP contribution in [0, 0.1) is 0 Å². The van der Waals surface area contributed by atoms with Crippen molar-refractivity contribution in [3.8, 4) is 11.5 Å². The number of benzene rings is 1. The lowest BCUT2D eigenvalue weighted by molar-refractivity contribution is 0.0696. The van der Waals surface area contributed by atoms with Gasteiger partial charge in [0.2, 0.25) is 0 Å². The first-order valence-corrected chi connectivity index (χ1v) is 5.37. The molecule has 0 amide bonds. The molecule has 1 saturated carbocycles. The van der Waals surface area contributed by atoms with Crippen LogP contribution in [0.1, 0.15) is 23.2 Å². The van der Waals surface area contributed by atoms with Gasteiger partial charge in [0.15, 0.2) is 11.5 Å². The van der Waals surface area contributed by atoms with E-state index in [1.54, 1.807) is 6.07 Å². The quantitative estimate of drug-likeness (QED) is 0.805. The zero-order chi connectivity index (χ0) is 12.5. The van der Waals surface area contributed by atoms with Gasteiger partial charge in [-0.3, -0.25) is 0 Å². The number of hydrogen-bond donors (Lipinski definition) is 2. The van der Waals surface area contributed by atoms with Crippen molar-refractivity contribution >= 4 is 5.97 Å². The van der Waals surface area contributed by atoms with Crippen LogP contribution < -0.4 is 15.2 Å². The van der Waals surface area contributed by atoms with Gasteiger partial charge in [-0.2, -0.15) is 0 Å². The number of carboxylic acid groups (broad SMARTS) is 1. The average Bonchev–Trinajstić information content (AvgIpc) is 3.05. The van der Waals surface area contributed by atoms with Crippen LogP contribution in [0.5, 0.6) is 11.5 Å². The molecule has 1 aromatic rings. The van der Waals surface area contributed by atoms with E-state index in [1.807, 2.05) is 0 Å². The summed E-state index contributed by atoms with van der Waals surface area (Å²) in [7, 11) is 1.48. The number of methoxy groups -OCH3 is 1. The maximum absolute atomic E-state index is 10.8. The first-order chi connectivity index (χ1) is 8.04. The van der Waals surface area contributed by atoms with E-state index in [-0.39, 0.29) is 11.1 Å². The SMILES string of the molecule is COc1cc(C(=O)O)ccc1OCC1(N)CC1. The predicted octanol–water partition coefficient (Wildman–Crippen LogP) is 1.26. The number of ether oxygens (including phenoxy) is 2. The highest BCUT2D eigenvalue weighted by atomic mass is 16.5. The second kappa shape index (κ2) is 4.25. The van der Waals surface area contributed by atoms with E-state index in [2.05, 4.69) is 0 Å². The summed E-state index contributed by atoms with van der Waals surface area (Å²) in [6, 6.07) is 4.51. The van der Waals surface area contributed by atoms with Crippen LogP contribution in [0.15, 0.2) is 18.2 Å². The lowest BCUT2D eigenvalue weighted by atomic mass is 10.2. The van der Waals surface area contributed by atoms with Gasteiger partial charge in [-0.1, -0.05) is 0 Å². The number of nitrogens with two attached hydrogens (primary N) is 1. The topological polar surface area (TPSA) is 81.8 Å². The van der Waals surface area contributed by atoms with E-state index in [0.29, 0.717) is 18.1 Å². The Labute approximate surface area is 99.1 Å². The number of aromatic carboxylic acids is 1. The molecular weight excluding hydrogens is 222 g/mol. The van der Waals surface area contributed by atoms with Crippen molar-refractivity contribution < 1.29 is 19.4 Å². The molecule has 1 aromatic carbocycles. The van der Waals surface area contributed by atoms with Crippen LogP contribution >= 0.6 is 0 Å². The first-order valence-electron chi connectivity index (χ1n) is 5.37. The van der Waals surface area contributed by atoms with Gasteiger partial charge in [0.1, 0.15) is 6.61 Å². The Balaban J connectivity index is 2.12. The molecular formula is C12H15NO4. The molecule has 17 heavy (non-hydrogen) atoms. The van der Waals surface area contributed by atoms with Crippen LogP contribution in [0.4, 0.5) is 0 Å². The summed E-state index contributed by atoms with van der Waals surface area (Å²) in [4.78, 5) is 10.8. The van der Waals surface area contributed by atoms with E-state index in [9.17, 15) is 4.79 Å². The second-order valence-corrected chi connectivity index (χ2v) is 4.32. The highest BCUT2D eigenvalue weighted by Gasteiger charge is 2.39. The van der Waals surface area contributed by atoms with E-state index in [1.165, 1.54) is 19.2 Å². The third-order valence-electron chi connectivity index (χ3n) is 2.82. The van der Waals surface area contributed by atoms with Gasteiger partial charge in [-0.15, -0.1) is 0 Å². The lowest BCUT2D eigenvalue weighted by Crippen LogP contribution is -2.29. The molecule has 0 aromatic heterocycles. The summed E-state index contributed by atoms with van der Waals surface area (Å²) in [5, 5.41) is 8.85. The fourth-order valence-corrected chi connectivity index (χ4v) is 1.45. The molecule has 1 aliphatic carbocycles. The van der Waals surface area contributed by atoms with Gasteiger partial charge in [0.05, 0.1) is 18.2 Å². The second-order valence-electron chi connectivity index (χ2n) is 4.32. The fourth-order valence-electron chi connectivity index (χ4n) is 1.45. The Morgan fingerprint density at radius 1 is 1.47 bits per heavy atom. The van der Waals surface area contributed by atoms with E-state index < -0.39 is 5.97 Å². The van der Waals surface area contributed by atoms with Crippen molar-refractivity contribution in [2.75, 3.05) is 13.7 Å². The maximum atomic E-state index is 10.8. The van der Waals surface area contributed by atoms with Crippen LogP contribution in [-0.4, -0.2) is 30.3 Å². The van der Waals surface area contributed by atoms with Gasteiger partial charge in [-0.25, -0.2) is 4.79 Å². The van der Waals surface area contributed by atoms with Crippen molar-refractivity contribution in [3.63, 3.8) is 0 Å². The molecule has 1 aliphatic rings. The largest absolute Gasteiger partial charge is 0.493 e. The minimum absolute atomic E-state index is 0.170. The van der Waals surface area contributed by atoms with Crippen molar-refractivity contribution in [2.45, 2.75) is 18.4 Å². The summed E-state index contributed by atoms with van der Waals surface area (Å²) >= 11 is 0. The summed E-state index contributed by atoms with van der Waals surface area (Å²) in [6.07, 6.45) is 1.92. The monoisotopic (exact) mass is 237 g/mol. The van der Waals surface area contributed by atoms with Crippen LogP contribution in [-0.2, 0) is 0 Å². The molecule has 0 radical (unpaired) electrons. The molecule has 2 rings (SSSR count). The summed E-state index contributed by atoms with van der Waals surface area (Å²) in [6.45, 7) is 0.426. The van der Waals surface area contributed by atoms with Crippen molar-refractivity contribution in [3.05, 3.63) is 23.8 Å². The van der Waals surface area contributed by atoms with Gasteiger partial charge < -0.3 is 20.3 Å². The van der Waals surface area contributed by atoms with Crippen LogP contribution in [0.25, 0.3) is 0 Å². The van der Waals surface area contributed by atoms with Gasteiger partial charge in [-0.05, 0) is 31.0 Å². The third kappa shape index (κ3) is 2.68. The molecule has 3 N–H and O–H groups in total. The van der Waals surface area contributed by atoms with E-state index in [0.717, 1.165) is 12.8 Å². The van der Waals surface area contributed by atoms with Crippen molar-refractivity contribution in [1.82, 2.24) is 0 Å². The molecule has 0 unspecified atom stereocenters. The van der Waals surface area contributed by atoms with Gasteiger partial charge >= 0.3 is 5.97 Å². The fraction of sp³-hybridized carbons (Fsp3) is 0.417. The molecule has 0 saturated heterocycles. The summed E-state index contributed by atoms with van der Waals surface area (Å²) in [5.41, 5.74) is 5.86. The maximum Gasteiger partial charge on any atom is 0.335 e. The Morgan fingerprint density at radius 3 is 2.71 bits per heavy atom. The molecule has 0 bridgehead atoms. The Morgan fingerprint density at radius 2 is 2.18 bits per heavy atom. The highest BCUT2D eigenvalue weighted by Crippen LogP contribution is 2.35. The highest BCUT2D eigenvalue weighted by molar-refractivity contribution is 5.88. The normalized spacial score (nSPS) is 16.4. The van der Waals surface area contributed by atoms with Crippen molar-refractivity contribution in [1.29, 1.82) is 0 Å². The molecule has 5 nitrogen and oxygen atoms in total. The third-order valence-corrected chi connectivity index (χ3v) is 2.82. The minimum Gasteiger partial charge on any atom is -0.493 e. The number of carbonyl (C=O) groups is 1. The average molecular weight is 237 g/mol. The number of rotatable bonds is 5. The summed E-state index contributed by atoms with van der Waals surface area (Å²) < 4.78 is 10.6. The van der Waals surface area contributed by atoms with E-state index >= 15 is 0 Å². The molecule has 1 fully saturated rings. The van der Waals surface area contributed by atoms with Crippen LogP contribution in [0.3, 0.4) is 0 Å². The van der Waals surface area contributed by atoms with Gasteiger partial charge in [0.25, 0.3) is 0 Å². The first kappa shape index (κ1) is 11.7. The molecule has 0 aliphatic heterocycles. The molecule has 0 spiro atoms. The van der Waals surface area contributed by atoms with Crippen molar-refractivity contribution in [2.24, 2.45) is 5.73 Å². The van der Waals surface area contributed by atoms with Gasteiger partial charge in [0, 0.05) is 0 Å². The number of carboxylic acids is 1. The molecule has 5 heteroatoms. The Hall–Kier alpha value is -1.75. The molecule has 0 atom stereocenters. The van der Waals surface area contributed by atoms with E-state index in [4.69, 9.17) is 20.3 Å². The molecule has 92 valence electrons. The molecule has 0 heterocycles. The zero-order valence-corrected chi connectivity index (χ0v) is 9.60. The van der Waals surface area contributed by atoms with Crippen LogP contribution in [0.2, 0.25) is 0 Å². The minimum atomic E-state index is -0.993. The Bertz CT molecular complexity index is 440. The predicted molar refractivity (Wildman–Crippen MR) is 61.6 cm³/mol. The zero-order valence-electron chi connectivity index (χ0n) is 9.60. The smallest absolute Gasteiger partial charge is 0.335 e. The standard InChI is InChI=1S/C12H15NO4/c1-16-10-6-8(11(14)15)2-3-9(10)17-7-12(13)4-5-12/h2-3,6H,4-5,7,13H2,1H3,(H,14,15). The summed E-state index contributed by atoms with van der Waals surface area (Å²) in [5.74, 6) is -0.0595. The Kier molecular flexibility index (Phi) is 2.93. The lowest BCUT2D eigenvalue weighted by Gasteiger charge is -2.14. The number of hydrogen-bond acceptors (Lipinski definition) is 4.